The summed E-state index contributed by atoms with van der Waals surface area (Å²) in [7, 11) is 4.12. The van der Waals surface area contributed by atoms with E-state index in [9.17, 15) is 0 Å². The molecular weight excluding hydrogens is 176 g/mol. The molecule has 1 aromatic rings. The molecule has 1 heterocycles. The Labute approximate surface area is 85.7 Å². The molecule has 0 atom stereocenters. The van der Waals surface area contributed by atoms with Crippen LogP contribution in [0.25, 0.3) is 0 Å². The van der Waals surface area contributed by atoms with Gasteiger partial charge in [0, 0.05) is 19.3 Å². The summed E-state index contributed by atoms with van der Waals surface area (Å²) in [6.45, 7) is 5.93. The van der Waals surface area contributed by atoms with Gasteiger partial charge >= 0.3 is 0 Å². The highest BCUT2D eigenvalue weighted by Gasteiger charge is 2.18. The number of imidazole rings is 1. The van der Waals surface area contributed by atoms with E-state index in [1.807, 2.05) is 26.4 Å². The second kappa shape index (κ2) is 4.11. The maximum atomic E-state index is 6.03. The Hall–Kier alpha value is -0.870. The molecule has 0 aliphatic heterocycles. The van der Waals surface area contributed by atoms with Crippen LogP contribution < -0.4 is 5.73 Å². The second-order valence-electron chi connectivity index (χ2n) is 4.50. The van der Waals surface area contributed by atoms with Crippen molar-refractivity contribution >= 4 is 0 Å². The zero-order valence-corrected chi connectivity index (χ0v) is 9.49. The molecule has 4 nitrogen and oxygen atoms in total. The predicted octanol–water partition coefficient (Wildman–Crippen LogP) is 0.639. The summed E-state index contributed by atoms with van der Waals surface area (Å²) >= 11 is 0. The molecule has 14 heavy (non-hydrogen) atoms. The van der Waals surface area contributed by atoms with Gasteiger partial charge in [0.05, 0.1) is 17.6 Å². The van der Waals surface area contributed by atoms with Crippen molar-refractivity contribution in [1.29, 1.82) is 0 Å². The Bertz CT molecular complexity index is 283. The SMILES string of the molecule is CN(C)CCn1cncc1C(C)(C)N. The first kappa shape index (κ1) is 11.2. The first-order valence-corrected chi connectivity index (χ1v) is 4.85. The molecule has 0 aromatic carbocycles. The fraction of sp³-hybridized carbons (Fsp3) is 0.700. The number of likely N-dealkylation sites (N-methyl/N-ethyl adjacent to an activating group) is 1. The van der Waals surface area contributed by atoms with Crippen LogP contribution in [0.4, 0.5) is 0 Å². The molecule has 0 saturated carbocycles. The number of nitrogens with two attached hydrogens (primary N) is 1. The van der Waals surface area contributed by atoms with Crippen LogP contribution in [0.15, 0.2) is 12.5 Å². The Morgan fingerprint density at radius 1 is 1.50 bits per heavy atom. The summed E-state index contributed by atoms with van der Waals surface area (Å²) in [5.41, 5.74) is 6.80. The van der Waals surface area contributed by atoms with Crippen molar-refractivity contribution in [2.24, 2.45) is 5.73 Å². The van der Waals surface area contributed by atoms with Crippen LogP contribution in [0.1, 0.15) is 19.5 Å². The van der Waals surface area contributed by atoms with E-state index in [4.69, 9.17) is 5.73 Å². The fourth-order valence-corrected chi connectivity index (χ4v) is 1.34. The Morgan fingerprint density at radius 2 is 2.14 bits per heavy atom. The normalized spacial score (nSPS) is 12.4. The van der Waals surface area contributed by atoms with E-state index in [2.05, 4.69) is 28.5 Å². The van der Waals surface area contributed by atoms with Crippen molar-refractivity contribution in [3.63, 3.8) is 0 Å². The van der Waals surface area contributed by atoms with Gasteiger partial charge in [-0.05, 0) is 27.9 Å². The number of hydrogen-bond donors (Lipinski definition) is 1. The van der Waals surface area contributed by atoms with E-state index in [1.54, 1.807) is 0 Å². The van der Waals surface area contributed by atoms with Crippen molar-refractivity contribution < 1.29 is 0 Å². The van der Waals surface area contributed by atoms with Crippen molar-refractivity contribution in [2.75, 3.05) is 20.6 Å². The lowest BCUT2D eigenvalue weighted by atomic mass is 10.0. The van der Waals surface area contributed by atoms with Gasteiger partial charge in [0.25, 0.3) is 0 Å². The minimum absolute atomic E-state index is 0.317. The molecule has 0 radical (unpaired) electrons. The molecule has 0 amide bonds. The van der Waals surface area contributed by atoms with Crippen LogP contribution in [0, 0.1) is 0 Å². The maximum Gasteiger partial charge on any atom is 0.0949 e. The highest BCUT2D eigenvalue weighted by atomic mass is 15.1. The Kier molecular flexibility index (Phi) is 3.29. The van der Waals surface area contributed by atoms with Gasteiger partial charge in [-0.15, -0.1) is 0 Å². The number of rotatable bonds is 4. The molecule has 0 bridgehead atoms. The van der Waals surface area contributed by atoms with E-state index in [-0.39, 0.29) is 5.54 Å². The van der Waals surface area contributed by atoms with Gasteiger partial charge in [0.15, 0.2) is 0 Å². The third-order valence-electron chi connectivity index (χ3n) is 2.16. The van der Waals surface area contributed by atoms with Crippen molar-refractivity contribution in [3.05, 3.63) is 18.2 Å². The molecule has 0 saturated heterocycles. The molecule has 0 unspecified atom stereocenters. The zero-order chi connectivity index (χ0) is 10.8. The Balaban J connectivity index is 2.73. The lowest BCUT2D eigenvalue weighted by molar-refractivity contribution is 0.372. The number of aromatic nitrogens is 2. The molecule has 1 rings (SSSR count). The first-order chi connectivity index (χ1) is 6.41. The number of hydrogen-bond acceptors (Lipinski definition) is 3. The first-order valence-electron chi connectivity index (χ1n) is 4.85. The summed E-state index contributed by atoms with van der Waals surface area (Å²) in [6, 6.07) is 0. The van der Waals surface area contributed by atoms with Gasteiger partial charge in [-0.3, -0.25) is 0 Å². The molecule has 0 aliphatic carbocycles. The highest BCUT2D eigenvalue weighted by Crippen LogP contribution is 2.15. The fourth-order valence-electron chi connectivity index (χ4n) is 1.34. The summed E-state index contributed by atoms with van der Waals surface area (Å²) < 4.78 is 2.11. The van der Waals surface area contributed by atoms with E-state index in [1.165, 1.54) is 0 Å². The van der Waals surface area contributed by atoms with Crippen LogP contribution in [-0.4, -0.2) is 35.1 Å². The molecule has 80 valence electrons. The predicted molar refractivity (Wildman–Crippen MR) is 58.0 cm³/mol. The standard InChI is InChI=1S/C10H20N4/c1-10(2,11)9-7-12-8-14(9)6-5-13(3)4/h7-8H,5-6,11H2,1-4H3. The van der Waals surface area contributed by atoms with Gasteiger partial charge in [-0.2, -0.15) is 0 Å². The molecule has 0 spiro atoms. The van der Waals surface area contributed by atoms with Gasteiger partial charge in [-0.25, -0.2) is 4.98 Å². The smallest absolute Gasteiger partial charge is 0.0949 e. The minimum Gasteiger partial charge on any atom is -0.332 e. The second-order valence-corrected chi connectivity index (χ2v) is 4.50. The third-order valence-corrected chi connectivity index (χ3v) is 2.16. The van der Waals surface area contributed by atoms with Crippen LogP contribution in [0.5, 0.6) is 0 Å². The van der Waals surface area contributed by atoms with E-state index >= 15 is 0 Å². The molecule has 1 aromatic heterocycles. The highest BCUT2D eigenvalue weighted by molar-refractivity contribution is 5.09. The van der Waals surface area contributed by atoms with Gasteiger partial charge in [-0.1, -0.05) is 0 Å². The van der Waals surface area contributed by atoms with E-state index < -0.39 is 0 Å². The maximum absolute atomic E-state index is 6.03. The molecule has 0 aliphatic rings. The quantitative estimate of drug-likeness (QED) is 0.768. The lowest BCUT2D eigenvalue weighted by Gasteiger charge is -2.21. The third kappa shape index (κ3) is 2.82. The summed E-state index contributed by atoms with van der Waals surface area (Å²) in [5, 5.41) is 0. The largest absolute Gasteiger partial charge is 0.332 e. The van der Waals surface area contributed by atoms with E-state index in [0.717, 1.165) is 18.8 Å². The van der Waals surface area contributed by atoms with E-state index in [0.29, 0.717) is 0 Å². The lowest BCUT2D eigenvalue weighted by Crippen LogP contribution is -2.32. The van der Waals surface area contributed by atoms with Crippen molar-refractivity contribution in [1.82, 2.24) is 14.5 Å². The molecule has 2 N–H and O–H groups in total. The van der Waals surface area contributed by atoms with Crippen LogP contribution in [0.3, 0.4) is 0 Å². The topological polar surface area (TPSA) is 47.1 Å². The average Bonchev–Trinajstić information content (AvgIpc) is 2.46. The van der Waals surface area contributed by atoms with Crippen LogP contribution in [-0.2, 0) is 12.1 Å². The van der Waals surface area contributed by atoms with Gasteiger partial charge in [0.1, 0.15) is 0 Å². The number of nitrogens with zero attached hydrogens (tertiary/aromatic N) is 3. The average molecular weight is 196 g/mol. The molecule has 0 fully saturated rings. The van der Waals surface area contributed by atoms with Gasteiger partial charge < -0.3 is 15.2 Å². The van der Waals surface area contributed by atoms with Crippen molar-refractivity contribution in [2.45, 2.75) is 25.9 Å². The summed E-state index contributed by atoms with van der Waals surface area (Å²) in [5.74, 6) is 0. The molecular formula is C10H20N4. The van der Waals surface area contributed by atoms with Crippen LogP contribution in [0.2, 0.25) is 0 Å². The zero-order valence-electron chi connectivity index (χ0n) is 9.49. The molecule has 4 heteroatoms. The summed E-state index contributed by atoms with van der Waals surface area (Å²) in [4.78, 5) is 6.28. The summed E-state index contributed by atoms with van der Waals surface area (Å²) in [6.07, 6.45) is 3.68. The van der Waals surface area contributed by atoms with Crippen molar-refractivity contribution in [3.8, 4) is 0 Å². The van der Waals surface area contributed by atoms with Crippen LogP contribution >= 0.6 is 0 Å². The minimum atomic E-state index is -0.317. The van der Waals surface area contributed by atoms with Gasteiger partial charge in [0.2, 0.25) is 0 Å². The monoisotopic (exact) mass is 196 g/mol. The Morgan fingerprint density at radius 3 is 2.64 bits per heavy atom.